The van der Waals surface area contributed by atoms with Crippen molar-refractivity contribution in [1.29, 1.82) is 0 Å². The van der Waals surface area contributed by atoms with Gasteiger partial charge in [-0.15, -0.1) is 0 Å². The van der Waals surface area contributed by atoms with E-state index in [9.17, 15) is 4.39 Å². The third kappa shape index (κ3) is 3.56. The molecule has 2 rings (SSSR count). The number of hydrogen-bond acceptors (Lipinski definition) is 2. The highest BCUT2D eigenvalue weighted by atomic mass is 79.9. The SMILES string of the molecule is Fc1cc(NCCCn2ccnc2)ccc1Br. The minimum absolute atomic E-state index is 0.246. The van der Waals surface area contributed by atoms with Crippen LogP contribution in [-0.2, 0) is 6.54 Å². The van der Waals surface area contributed by atoms with Crippen LogP contribution in [0.5, 0.6) is 0 Å². The number of hydrogen-bond donors (Lipinski definition) is 1. The van der Waals surface area contributed by atoms with Crippen LogP contribution in [-0.4, -0.2) is 16.1 Å². The Morgan fingerprint density at radius 1 is 1.41 bits per heavy atom. The average molecular weight is 298 g/mol. The van der Waals surface area contributed by atoms with E-state index in [1.807, 2.05) is 16.8 Å². The van der Waals surface area contributed by atoms with E-state index in [4.69, 9.17) is 0 Å². The summed E-state index contributed by atoms with van der Waals surface area (Å²) in [5, 5.41) is 3.18. The predicted molar refractivity (Wildman–Crippen MR) is 69.4 cm³/mol. The van der Waals surface area contributed by atoms with Gasteiger partial charge in [0.25, 0.3) is 0 Å². The zero-order valence-electron chi connectivity index (χ0n) is 9.24. The van der Waals surface area contributed by atoms with Crippen LogP contribution in [0, 0.1) is 5.82 Å². The number of nitrogens with one attached hydrogen (secondary N) is 1. The van der Waals surface area contributed by atoms with E-state index >= 15 is 0 Å². The fourth-order valence-corrected chi connectivity index (χ4v) is 1.77. The molecule has 0 aliphatic carbocycles. The van der Waals surface area contributed by atoms with Gasteiger partial charge in [-0.25, -0.2) is 9.37 Å². The minimum atomic E-state index is -0.246. The fraction of sp³-hybridized carbons (Fsp3) is 0.250. The third-order valence-corrected chi connectivity index (χ3v) is 3.04. The van der Waals surface area contributed by atoms with Crippen LogP contribution in [0.25, 0.3) is 0 Å². The summed E-state index contributed by atoms with van der Waals surface area (Å²) < 4.78 is 15.7. The van der Waals surface area contributed by atoms with Crippen molar-refractivity contribution in [3.63, 3.8) is 0 Å². The molecule has 1 N–H and O–H groups in total. The molecule has 0 saturated heterocycles. The number of rotatable bonds is 5. The number of imidazole rings is 1. The van der Waals surface area contributed by atoms with Crippen molar-refractivity contribution >= 4 is 21.6 Å². The molecular formula is C12H13BrFN3. The molecule has 17 heavy (non-hydrogen) atoms. The topological polar surface area (TPSA) is 29.9 Å². The quantitative estimate of drug-likeness (QED) is 0.858. The van der Waals surface area contributed by atoms with Gasteiger partial charge in [0, 0.05) is 31.2 Å². The largest absolute Gasteiger partial charge is 0.385 e. The third-order valence-electron chi connectivity index (χ3n) is 2.40. The summed E-state index contributed by atoms with van der Waals surface area (Å²) in [4.78, 5) is 3.97. The smallest absolute Gasteiger partial charge is 0.139 e. The molecule has 0 spiro atoms. The van der Waals surface area contributed by atoms with Crippen molar-refractivity contribution in [2.75, 3.05) is 11.9 Å². The Morgan fingerprint density at radius 2 is 2.29 bits per heavy atom. The number of benzene rings is 1. The van der Waals surface area contributed by atoms with Crippen LogP contribution < -0.4 is 5.32 Å². The Balaban J connectivity index is 1.76. The van der Waals surface area contributed by atoms with Crippen molar-refractivity contribution in [3.8, 4) is 0 Å². The molecule has 1 heterocycles. The molecular weight excluding hydrogens is 285 g/mol. The Hall–Kier alpha value is -1.36. The molecule has 90 valence electrons. The van der Waals surface area contributed by atoms with Crippen LogP contribution in [0.2, 0.25) is 0 Å². The van der Waals surface area contributed by atoms with Crippen molar-refractivity contribution in [2.24, 2.45) is 0 Å². The van der Waals surface area contributed by atoms with Gasteiger partial charge in [-0.05, 0) is 40.5 Å². The monoisotopic (exact) mass is 297 g/mol. The number of aryl methyl sites for hydroxylation is 1. The second-order valence-electron chi connectivity index (χ2n) is 3.71. The highest BCUT2D eigenvalue weighted by molar-refractivity contribution is 9.10. The maximum atomic E-state index is 13.2. The van der Waals surface area contributed by atoms with E-state index in [-0.39, 0.29) is 5.82 Å². The molecule has 1 aromatic carbocycles. The Bertz CT molecular complexity index is 471. The van der Waals surface area contributed by atoms with E-state index in [1.54, 1.807) is 18.6 Å². The Labute approximate surface area is 108 Å². The number of halogens is 2. The zero-order chi connectivity index (χ0) is 12.1. The summed E-state index contributed by atoms with van der Waals surface area (Å²) in [7, 11) is 0. The molecule has 0 aliphatic rings. The Morgan fingerprint density at radius 3 is 3.00 bits per heavy atom. The van der Waals surface area contributed by atoms with Gasteiger partial charge in [0.2, 0.25) is 0 Å². The molecule has 0 fully saturated rings. The lowest BCUT2D eigenvalue weighted by molar-refractivity contribution is 0.621. The molecule has 0 radical (unpaired) electrons. The highest BCUT2D eigenvalue weighted by Gasteiger charge is 1.99. The summed E-state index contributed by atoms with van der Waals surface area (Å²) in [6.07, 6.45) is 6.45. The predicted octanol–water partition coefficient (Wildman–Crippen LogP) is 3.29. The van der Waals surface area contributed by atoms with Crippen molar-refractivity contribution in [1.82, 2.24) is 9.55 Å². The van der Waals surface area contributed by atoms with Gasteiger partial charge >= 0.3 is 0 Å². The molecule has 5 heteroatoms. The van der Waals surface area contributed by atoms with Crippen molar-refractivity contribution < 1.29 is 4.39 Å². The molecule has 1 aromatic heterocycles. The van der Waals surface area contributed by atoms with Crippen LogP contribution in [0.4, 0.5) is 10.1 Å². The normalized spacial score (nSPS) is 10.5. The van der Waals surface area contributed by atoms with E-state index < -0.39 is 0 Å². The molecule has 0 amide bonds. The number of aromatic nitrogens is 2. The van der Waals surface area contributed by atoms with E-state index in [2.05, 4.69) is 26.2 Å². The van der Waals surface area contributed by atoms with Crippen LogP contribution in [0.1, 0.15) is 6.42 Å². The van der Waals surface area contributed by atoms with Gasteiger partial charge in [-0.3, -0.25) is 0 Å². The van der Waals surface area contributed by atoms with Crippen molar-refractivity contribution in [2.45, 2.75) is 13.0 Å². The molecule has 0 bridgehead atoms. The second-order valence-corrected chi connectivity index (χ2v) is 4.56. The lowest BCUT2D eigenvalue weighted by Gasteiger charge is -2.07. The summed E-state index contributed by atoms with van der Waals surface area (Å²) in [6.45, 7) is 1.71. The standard InChI is InChI=1S/C12H13BrFN3/c13-11-3-2-10(8-12(11)14)16-4-1-6-17-7-5-15-9-17/h2-3,5,7-9,16H,1,4,6H2. The molecule has 2 aromatic rings. The lowest BCUT2D eigenvalue weighted by Crippen LogP contribution is -2.05. The van der Waals surface area contributed by atoms with Crippen molar-refractivity contribution in [3.05, 3.63) is 47.2 Å². The first-order chi connectivity index (χ1) is 8.25. The summed E-state index contributed by atoms with van der Waals surface area (Å²) in [5.74, 6) is -0.246. The second kappa shape index (κ2) is 5.82. The molecule has 0 saturated carbocycles. The summed E-state index contributed by atoms with van der Waals surface area (Å²) in [6, 6.07) is 5.04. The first kappa shape index (κ1) is 12.1. The van der Waals surface area contributed by atoms with Crippen LogP contribution in [0.15, 0.2) is 41.4 Å². The van der Waals surface area contributed by atoms with Gasteiger partial charge in [-0.1, -0.05) is 0 Å². The molecule has 0 atom stereocenters. The average Bonchev–Trinajstić information content (AvgIpc) is 2.82. The maximum absolute atomic E-state index is 13.2. The van der Waals surface area contributed by atoms with Gasteiger partial charge in [0.05, 0.1) is 10.8 Å². The highest BCUT2D eigenvalue weighted by Crippen LogP contribution is 2.19. The van der Waals surface area contributed by atoms with E-state index in [0.717, 1.165) is 25.2 Å². The Kier molecular flexibility index (Phi) is 4.14. The fourth-order valence-electron chi connectivity index (χ4n) is 1.52. The molecule has 0 unspecified atom stereocenters. The molecule has 0 aliphatic heterocycles. The van der Waals surface area contributed by atoms with Gasteiger partial charge in [-0.2, -0.15) is 0 Å². The molecule has 3 nitrogen and oxygen atoms in total. The first-order valence-corrected chi connectivity index (χ1v) is 6.19. The van der Waals surface area contributed by atoms with Crippen LogP contribution >= 0.6 is 15.9 Å². The van der Waals surface area contributed by atoms with E-state index in [1.165, 1.54) is 6.07 Å². The van der Waals surface area contributed by atoms with Gasteiger partial charge < -0.3 is 9.88 Å². The summed E-state index contributed by atoms with van der Waals surface area (Å²) >= 11 is 3.12. The van der Waals surface area contributed by atoms with E-state index in [0.29, 0.717) is 4.47 Å². The first-order valence-electron chi connectivity index (χ1n) is 5.40. The lowest BCUT2D eigenvalue weighted by atomic mass is 10.3. The van der Waals surface area contributed by atoms with Gasteiger partial charge in [0.1, 0.15) is 5.82 Å². The van der Waals surface area contributed by atoms with Gasteiger partial charge in [0.15, 0.2) is 0 Å². The minimum Gasteiger partial charge on any atom is -0.385 e. The summed E-state index contributed by atoms with van der Waals surface area (Å²) in [5.41, 5.74) is 0.802. The van der Waals surface area contributed by atoms with Crippen LogP contribution in [0.3, 0.4) is 0 Å². The maximum Gasteiger partial charge on any atom is 0.139 e. The number of nitrogens with zero attached hydrogens (tertiary/aromatic N) is 2. The zero-order valence-corrected chi connectivity index (χ0v) is 10.8. The number of anilines is 1.